The SMILES string of the molecule is C=CCN(C(=O)C1N(CCCCO)C(=O)[C@@H]2[C@@H](C(=O)OCC)[C@@]3(CC)CCC12O3)c1ccc2ccccc2c1. The fourth-order valence-corrected chi connectivity index (χ4v) is 7.17. The topological polar surface area (TPSA) is 96.4 Å². The van der Waals surface area contributed by atoms with Crippen molar-refractivity contribution in [3.8, 4) is 0 Å². The van der Waals surface area contributed by atoms with Gasteiger partial charge in [-0.05, 0) is 61.9 Å². The first-order valence-electron chi connectivity index (χ1n) is 14.1. The molecule has 8 nitrogen and oxygen atoms in total. The molecule has 3 aliphatic rings. The summed E-state index contributed by atoms with van der Waals surface area (Å²) in [5.74, 6) is -2.45. The van der Waals surface area contributed by atoms with Gasteiger partial charge in [-0.1, -0.05) is 43.3 Å². The molecule has 1 N–H and O–H groups in total. The lowest BCUT2D eigenvalue weighted by Crippen LogP contribution is -2.56. The zero-order valence-corrected chi connectivity index (χ0v) is 22.8. The third-order valence-corrected chi connectivity index (χ3v) is 8.88. The van der Waals surface area contributed by atoms with Crippen molar-refractivity contribution in [2.45, 2.75) is 63.2 Å². The molecule has 2 aromatic carbocycles. The van der Waals surface area contributed by atoms with Gasteiger partial charge in [0, 0.05) is 25.4 Å². The van der Waals surface area contributed by atoms with Crippen LogP contribution >= 0.6 is 0 Å². The van der Waals surface area contributed by atoms with Crippen LogP contribution in [-0.2, 0) is 23.9 Å². The Balaban J connectivity index is 1.59. The Morgan fingerprint density at radius 3 is 2.64 bits per heavy atom. The maximum absolute atomic E-state index is 14.6. The van der Waals surface area contributed by atoms with Gasteiger partial charge in [0.2, 0.25) is 5.91 Å². The van der Waals surface area contributed by atoms with Gasteiger partial charge in [0.05, 0.1) is 18.1 Å². The highest BCUT2D eigenvalue weighted by Gasteiger charge is 2.79. The molecule has 5 rings (SSSR count). The molecule has 0 aliphatic carbocycles. The average molecular weight is 535 g/mol. The average Bonchev–Trinajstić information content (AvgIpc) is 3.55. The summed E-state index contributed by atoms with van der Waals surface area (Å²) in [5.41, 5.74) is -1.23. The number of benzene rings is 2. The van der Waals surface area contributed by atoms with Crippen LogP contribution in [0.4, 0.5) is 5.69 Å². The van der Waals surface area contributed by atoms with E-state index in [0.717, 1.165) is 10.8 Å². The molecule has 3 saturated heterocycles. The first-order chi connectivity index (χ1) is 18.9. The minimum Gasteiger partial charge on any atom is -0.466 e. The number of ether oxygens (including phenoxy) is 2. The predicted molar refractivity (Wildman–Crippen MR) is 148 cm³/mol. The first kappa shape index (κ1) is 27.3. The molecular weight excluding hydrogens is 496 g/mol. The molecule has 1 spiro atoms. The largest absolute Gasteiger partial charge is 0.466 e. The van der Waals surface area contributed by atoms with E-state index in [1.54, 1.807) is 22.8 Å². The summed E-state index contributed by atoms with van der Waals surface area (Å²) in [4.78, 5) is 45.3. The molecule has 208 valence electrons. The molecule has 3 fully saturated rings. The molecule has 3 aliphatic heterocycles. The van der Waals surface area contributed by atoms with Crippen molar-refractivity contribution in [3.05, 3.63) is 55.1 Å². The van der Waals surface area contributed by atoms with Gasteiger partial charge < -0.3 is 24.4 Å². The number of aliphatic hydroxyl groups excluding tert-OH is 1. The van der Waals surface area contributed by atoms with Crippen LogP contribution in [0.3, 0.4) is 0 Å². The molecule has 2 unspecified atom stereocenters. The highest BCUT2D eigenvalue weighted by molar-refractivity contribution is 6.05. The number of amides is 2. The third-order valence-electron chi connectivity index (χ3n) is 8.88. The van der Waals surface area contributed by atoms with Gasteiger partial charge in [0.25, 0.3) is 5.91 Å². The van der Waals surface area contributed by atoms with Crippen molar-refractivity contribution in [2.24, 2.45) is 11.8 Å². The van der Waals surface area contributed by atoms with Gasteiger partial charge in [-0.2, -0.15) is 0 Å². The van der Waals surface area contributed by atoms with Crippen LogP contribution in [-0.4, -0.2) is 71.3 Å². The van der Waals surface area contributed by atoms with Crippen LogP contribution in [0.15, 0.2) is 55.1 Å². The third kappa shape index (κ3) is 4.25. The Kier molecular flexibility index (Phi) is 7.53. The van der Waals surface area contributed by atoms with E-state index in [2.05, 4.69) is 6.58 Å². The Morgan fingerprint density at radius 1 is 1.18 bits per heavy atom. The number of carbonyl (C=O) groups is 3. The number of anilines is 1. The first-order valence-corrected chi connectivity index (χ1v) is 14.1. The van der Waals surface area contributed by atoms with Gasteiger partial charge in [-0.3, -0.25) is 14.4 Å². The highest BCUT2D eigenvalue weighted by atomic mass is 16.6. The Morgan fingerprint density at radius 2 is 1.95 bits per heavy atom. The zero-order chi connectivity index (χ0) is 27.8. The van der Waals surface area contributed by atoms with Gasteiger partial charge in [0.15, 0.2) is 0 Å². The summed E-state index contributed by atoms with van der Waals surface area (Å²) in [6, 6.07) is 12.9. The molecule has 0 radical (unpaired) electrons. The smallest absolute Gasteiger partial charge is 0.312 e. The number of unbranched alkanes of at least 4 members (excludes halogenated alkanes) is 1. The maximum Gasteiger partial charge on any atom is 0.312 e. The van der Waals surface area contributed by atoms with Crippen molar-refractivity contribution < 1.29 is 29.0 Å². The van der Waals surface area contributed by atoms with Crippen LogP contribution in [0.5, 0.6) is 0 Å². The Hall–Kier alpha value is -3.23. The van der Waals surface area contributed by atoms with E-state index in [-0.39, 0.29) is 31.6 Å². The molecule has 5 atom stereocenters. The van der Waals surface area contributed by atoms with Gasteiger partial charge in [-0.25, -0.2) is 0 Å². The van der Waals surface area contributed by atoms with Crippen LogP contribution in [0.2, 0.25) is 0 Å². The summed E-state index contributed by atoms with van der Waals surface area (Å²) in [6.07, 6.45) is 4.37. The van der Waals surface area contributed by atoms with Gasteiger partial charge in [-0.15, -0.1) is 6.58 Å². The number of nitrogens with zero attached hydrogens (tertiary/aromatic N) is 2. The van der Waals surface area contributed by atoms with Gasteiger partial charge in [0.1, 0.15) is 17.6 Å². The van der Waals surface area contributed by atoms with Crippen LogP contribution in [0.1, 0.15) is 46.0 Å². The summed E-state index contributed by atoms with van der Waals surface area (Å²) in [7, 11) is 0. The maximum atomic E-state index is 14.6. The highest BCUT2D eigenvalue weighted by Crippen LogP contribution is 2.64. The monoisotopic (exact) mass is 534 g/mol. The molecule has 2 bridgehead atoms. The lowest BCUT2D eigenvalue weighted by molar-refractivity contribution is -0.160. The number of likely N-dealkylation sites (tertiary alicyclic amines) is 1. The van der Waals surface area contributed by atoms with Crippen LogP contribution < -0.4 is 4.90 Å². The number of rotatable bonds is 11. The molecule has 2 amide bonds. The fraction of sp³-hybridized carbons (Fsp3) is 0.516. The zero-order valence-electron chi connectivity index (χ0n) is 22.8. The molecule has 0 aromatic heterocycles. The molecule has 3 heterocycles. The molecule has 2 aromatic rings. The second kappa shape index (κ2) is 10.7. The minimum absolute atomic E-state index is 0.00418. The summed E-state index contributed by atoms with van der Waals surface area (Å²) < 4.78 is 12.2. The van der Waals surface area contributed by atoms with Crippen molar-refractivity contribution in [2.75, 3.05) is 31.2 Å². The quantitative estimate of drug-likeness (QED) is 0.267. The van der Waals surface area contributed by atoms with E-state index in [9.17, 15) is 19.5 Å². The second-order valence-corrected chi connectivity index (χ2v) is 10.8. The number of aliphatic hydroxyl groups is 1. The number of esters is 1. The van der Waals surface area contributed by atoms with Crippen LogP contribution in [0, 0.1) is 11.8 Å². The van der Waals surface area contributed by atoms with E-state index in [1.165, 1.54) is 0 Å². The number of carbonyl (C=O) groups excluding carboxylic acids is 3. The lowest BCUT2D eigenvalue weighted by Gasteiger charge is -2.37. The van der Waals surface area contributed by atoms with E-state index >= 15 is 0 Å². The van der Waals surface area contributed by atoms with Crippen molar-refractivity contribution in [3.63, 3.8) is 0 Å². The summed E-state index contributed by atoms with van der Waals surface area (Å²) in [5, 5.41) is 11.5. The number of hydrogen-bond acceptors (Lipinski definition) is 6. The van der Waals surface area contributed by atoms with Gasteiger partial charge >= 0.3 is 5.97 Å². The van der Waals surface area contributed by atoms with Crippen molar-refractivity contribution >= 4 is 34.2 Å². The normalized spacial score (nSPS) is 29.1. The Labute approximate surface area is 229 Å². The van der Waals surface area contributed by atoms with E-state index in [0.29, 0.717) is 44.3 Å². The van der Waals surface area contributed by atoms with E-state index in [1.807, 2.05) is 49.4 Å². The lowest BCUT2D eigenvalue weighted by atomic mass is 9.65. The number of hydrogen-bond donors (Lipinski definition) is 1. The summed E-state index contributed by atoms with van der Waals surface area (Å²) in [6.45, 7) is 8.36. The summed E-state index contributed by atoms with van der Waals surface area (Å²) >= 11 is 0. The molecule has 8 heteroatoms. The molecule has 39 heavy (non-hydrogen) atoms. The molecular formula is C31H38N2O6. The standard InChI is InChI=1S/C31H38N2O6/c1-4-17-32(23-14-13-21-11-7-8-12-22(21)20-23)28(36)26-31-16-15-30(5-2,39-31)25(29(37)38-6-3)24(31)27(35)33(26)18-9-10-19-34/h4,7-8,11-14,20,24-26,34H,1,5-6,9-10,15-19H2,2-3H3/t24-,25-,26?,30+,31?/m0/s1. The second-order valence-electron chi connectivity index (χ2n) is 10.8. The molecule has 0 saturated carbocycles. The van der Waals surface area contributed by atoms with E-state index in [4.69, 9.17) is 9.47 Å². The Bertz CT molecular complexity index is 1280. The number of fused-ring (bicyclic) bond motifs is 2. The minimum atomic E-state index is -1.11. The van der Waals surface area contributed by atoms with Crippen molar-refractivity contribution in [1.82, 2.24) is 4.90 Å². The predicted octanol–water partition coefficient (Wildman–Crippen LogP) is 3.85. The fourth-order valence-electron chi connectivity index (χ4n) is 7.17. The van der Waals surface area contributed by atoms with E-state index < -0.39 is 35.0 Å². The van der Waals surface area contributed by atoms with Crippen molar-refractivity contribution in [1.29, 1.82) is 0 Å². The van der Waals surface area contributed by atoms with Crippen LogP contribution in [0.25, 0.3) is 10.8 Å².